The Morgan fingerprint density at radius 3 is 2.92 bits per heavy atom. The molecular formula is C8H10BrFN2. The normalized spacial score (nSPS) is 13.0. The summed E-state index contributed by atoms with van der Waals surface area (Å²) in [5, 5.41) is 0. The van der Waals surface area contributed by atoms with Gasteiger partial charge in [-0.25, -0.2) is 4.39 Å². The van der Waals surface area contributed by atoms with Gasteiger partial charge in [0.05, 0.1) is 5.69 Å². The SMILES string of the molecule is CC[C@H](N)c1ncc(Br)cc1F. The quantitative estimate of drug-likeness (QED) is 0.851. The van der Waals surface area contributed by atoms with Gasteiger partial charge in [0.25, 0.3) is 0 Å². The molecule has 0 radical (unpaired) electrons. The Labute approximate surface area is 79.1 Å². The molecule has 4 heteroatoms. The Morgan fingerprint density at radius 2 is 2.42 bits per heavy atom. The number of nitrogens with zero attached hydrogens (tertiary/aromatic N) is 1. The van der Waals surface area contributed by atoms with Crippen LogP contribution in [0.15, 0.2) is 16.7 Å². The Balaban J connectivity index is 3.01. The first-order chi connectivity index (χ1) is 5.65. The Kier molecular flexibility index (Phi) is 3.17. The molecule has 1 rings (SSSR count). The van der Waals surface area contributed by atoms with Crippen LogP contribution in [0.2, 0.25) is 0 Å². The van der Waals surface area contributed by atoms with Crippen molar-refractivity contribution in [1.29, 1.82) is 0 Å². The summed E-state index contributed by atoms with van der Waals surface area (Å²) in [6.07, 6.45) is 2.24. The maximum absolute atomic E-state index is 13.1. The van der Waals surface area contributed by atoms with Crippen LogP contribution in [-0.4, -0.2) is 4.98 Å². The summed E-state index contributed by atoms with van der Waals surface area (Å²) in [4.78, 5) is 3.90. The van der Waals surface area contributed by atoms with E-state index in [9.17, 15) is 4.39 Å². The minimum Gasteiger partial charge on any atom is -0.323 e. The zero-order chi connectivity index (χ0) is 9.14. The highest BCUT2D eigenvalue weighted by atomic mass is 79.9. The van der Waals surface area contributed by atoms with Crippen molar-refractivity contribution in [3.05, 3.63) is 28.2 Å². The van der Waals surface area contributed by atoms with Gasteiger partial charge in [-0.3, -0.25) is 4.98 Å². The third kappa shape index (κ3) is 2.01. The molecule has 2 N–H and O–H groups in total. The molecule has 0 aliphatic heterocycles. The zero-order valence-corrected chi connectivity index (χ0v) is 8.31. The molecule has 2 nitrogen and oxygen atoms in total. The van der Waals surface area contributed by atoms with E-state index in [1.165, 1.54) is 6.07 Å². The van der Waals surface area contributed by atoms with Gasteiger partial charge in [-0.2, -0.15) is 0 Å². The number of aromatic nitrogens is 1. The van der Waals surface area contributed by atoms with E-state index in [2.05, 4.69) is 20.9 Å². The van der Waals surface area contributed by atoms with Gasteiger partial charge in [0.2, 0.25) is 0 Å². The van der Waals surface area contributed by atoms with Crippen LogP contribution in [0.4, 0.5) is 4.39 Å². The molecule has 0 fully saturated rings. The van der Waals surface area contributed by atoms with E-state index in [0.717, 1.165) is 0 Å². The Hall–Kier alpha value is -0.480. The van der Waals surface area contributed by atoms with Gasteiger partial charge < -0.3 is 5.73 Å². The van der Waals surface area contributed by atoms with Gasteiger partial charge in [0.15, 0.2) is 0 Å². The molecule has 0 aliphatic carbocycles. The number of hydrogen-bond acceptors (Lipinski definition) is 2. The zero-order valence-electron chi connectivity index (χ0n) is 6.72. The summed E-state index contributed by atoms with van der Waals surface area (Å²) in [5.41, 5.74) is 5.96. The number of rotatable bonds is 2. The molecule has 12 heavy (non-hydrogen) atoms. The van der Waals surface area contributed by atoms with Crippen molar-refractivity contribution in [2.75, 3.05) is 0 Å². The van der Waals surface area contributed by atoms with Gasteiger partial charge in [-0.05, 0) is 28.4 Å². The van der Waals surface area contributed by atoms with E-state index < -0.39 is 0 Å². The molecule has 0 amide bonds. The van der Waals surface area contributed by atoms with Gasteiger partial charge in [-0.15, -0.1) is 0 Å². The smallest absolute Gasteiger partial charge is 0.147 e. The minimum absolute atomic E-state index is 0.307. The van der Waals surface area contributed by atoms with E-state index in [4.69, 9.17) is 5.73 Å². The van der Waals surface area contributed by atoms with Crippen LogP contribution in [0.25, 0.3) is 0 Å². The van der Waals surface area contributed by atoms with Gasteiger partial charge in [-0.1, -0.05) is 6.92 Å². The van der Waals surface area contributed by atoms with Crippen LogP contribution in [0.3, 0.4) is 0 Å². The summed E-state index contributed by atoms with van der Waals surface area (Å²) < 4.78 is 13.7. The van der Waals surface area contributed by atoms with Crippen LogP contribution in [0.1, 0.15) is 25.1 Å². The highest BCUT2D eigenvalue weighted by molar-refractivity contribution is 9.10. The van der Waals surface area contributed by atoms with Crippen molar-refractivity contribution in [3.63, 3.8) is 0 Å². The highest BCUT2D eigenvalue weighted by Crippen LogP contribution is 2.18. The molecular weight excluding hydrogens is 223 g/mol. The Morgan fingerprint density at radius 1 is 1.75 bits per heavy atom. The monoisotopic (exact) mass is 232 g/mol. The van der Waals surface area contributed by atoms with Gasteiger partial charge >= 0.3 is 0 Å². The van der Waals surface area contributed by atoms with Crippen LogP contribution < -0.4 is 5.73 Å². The summed E-state index contributed by atoms with van der Waals surface area (Å²) >= 11 is 3.12. The second-order valence-corrected chi connectivity index (χ2v) is 3.45. The van der Waals surface area contributed by atoms with Gasteiger partial charge in [0.1, 0.15) is 5.82 Å². The van der Waals surface area contributed by atoms with Crippen LogP contribution >= 0.6 is 15.9 Å². The lowest BCUT2D eigenvalue weighted by atomic mass is 10.1. The average Bonchev–Trinajstić information content (AvgIpc) is 2.03. The molecule has 0 spiro atoms. The van der Waals surface area contributed by atoms with E-state index in [1.54, 1.807) is 6.20 Å². The summed E-state index contributed by atoms with van der Waals surface area (Å²) in [5.74, 6) is -0.348. The standard InChI is InChI=1S/C8H10BrFN2/c1-2-7(11)8-6(10)3-5(9)4-12-8/h3-4,7H,2,11H2,1H3/t7-/m0/s1. The third-order valence-electron chi connectivity index (χ3n) is 1.63. The third-order valence-corrected chi connectivity index (χ3v) is 2.06. The van der Waals surface area contributed by atoms with E-state index in [1.807, 2.05) is 6.92 Å². The first kappa shape index (κ1) is 9.61. The lowest BCUT2D eigenvalue weighted by molar-refractivity contribution is 0.557. The molecule has 1 aromatic heterocycles. The van der Waals surface area contributed by atoms with Gasteiger partial charge in [0, 0.05) is 16.7 Å². The summed E-state index contributed by atoms with van der Waals surface area (Å²) in [6.45, 7) is 1.90. The van der Waals surface area contributed by atoms with Crippen molar-refractivity contribution in [3.8, 4) is 0 Å². The van der Waals surface area contributed by atoms with Crippen molar-refractivity contribution in [1.82, 2.24) is 4.98 Å². The predicted molar refractivity (Wildman–Crippen MR) is 49.1 cm³/mol. The number of pyridine rings is 1. The summed E-state index contributed by atoms with van der Waals surface area (Å²) in [7, 11) is 0. The molecule has 0 aromatic carbocycles. The number of halogens is 2. The molecule has 66 valence electrons. The second-order valence-electron chi connectivity index (χ2n) is 2.54. The highest BCUT2D eigenvalue weighted by Gasteiger charge is 2.10. The lowest BCUT2D eigenvalue weighted by Gasteiger charge is -2.08. The van der Waals surface area contributed by atoms with Crippen LogP contribution in [0, 0.1) is 5.82 Å². The molecule has 0 bridgehead atoms. The van der Waals surface area contributed by atoms with E-state index in [0.29, 0.717) is 16.6 Å². The van der Waals surface area contributed by atoms with Crippen molar-refractivity contribution in [2.24, 2.45) is 5.73 Å². The topological polar surface area (TPSA) is 38.9 Å². The molecule has 1 atom stereocenters. The fourth-order valence-corrected chi connectivity index (χ4v) is 1.19. The van der Waals surface area contributed by atoms with E-state index in [-0.39, 0.29) is 11.9 Å². The van der Waals surface area contributed by atoms with Crippen molar-refractivity contribution >= 4 is 15.9 Å². The van der Waals surface area contributed by atoms with E-state index >= 15 is 0 Å². The molecule has 1 heterocycles. The molecule has 0 saturated carbocycles. The van der Waals surface area contributed by atoms with Crippen LogP contribution in [-0.2, 0) is 0 Å². The number of nitrogens with two attached hydrogens (primary N) is 1. The molecule has 0 saturated heterocycles. The largest absolute Gasteiger partial charge is 0.323 e. The average molecular weight is 233 g/mol. The second kappa shape index (κ2) is 3.96. The predicted octanol–water partition coefficient (Wildman–Crippen LogP) is 2.39. The first-order valence-electron chi connectivity index (χ1n) is 3.71. The maximum Gasteiger partial charge on any atom is 0.147 e. The van der Waals surface area contributed by atoms with Crippen molar-refractivity contribution < 1.29 is 4.39 Å². The molecule has 0 aliphatic rings. The molecule has 1 aromatic rings. The minimum atomic E-state index is -0.348. The summed E-state index contributed by atoms with van der Waals surface area (Å²) in [6, 6.07) is 1.07. The van der Waals surface area contributed by atoms with Crippen LogP contribution in [0.5, 0.6) is 0 Å². The fraction of sp³-hybridized carbons (Fsp3) is 0.375. The number of hydrogen-bond donors (Lipinski definition) is 1. The molecule has 0 unspecified atom stereocenters. The maximum atomic E-state index is 13.1. The first-order valence-corrected chi connectivity index (χ1v) is 4.51. The van der Waals surface area contributed by atoms with Crippen molar-refractivity contribution in [2.45, 2.75) is 19.4 Å². The lowest BCUT2D eigenvalue weighted by Crippen LogP contribution is -2.12. The Bertz CT molecular complexity index is 278. The fourth-order valence-electron chi connectivity index (χ4n) is 0.891.